The van der Waals surface area contributed by atoms with Crippen molar-refractivity contribution in [1.82, 2.24) is 0 Å². The Morgan fingerprint density at radius 2 is 1.75 bits per heavy atom. The molecule has 0 fully saturated rings. The van der Waals surface area contributed by atoms with E-state index in [1.807, 2.05) is 0 Å². The summed E-state index contributed by atoms with van der Waals surface area (Å²) in [6, 6.07) is 0. The number of hydrogen-bond acceptors (Lipinski definition) is 1. The molecule has 0 saturated heterocycles. The Morgan fingerprint density at radius 1 is 1.04 bits per heavy atom. The van der Waals surface area contributed by atoms with Crippen molar-refractivity contribution in [3.8, 4) is 0 Å². The summed E-state index contributed by atoms with van der Waals surface area (Å²) in [5.74, 6) is 0. The van der Waals surface area contributed by atoms with Gasteiger partial charge in [-0.1, -0.05) is 82.2 Å². The molecule has 0 aromatic carbocycles. The van der Waals surface area contributed by atoms with Crippen molar-refractivity contribution in [2.45, 2.75) is 70.9 Å². The normalized spacial score (nSPS) is 17.1. The second-order valence-electron chi connectivity index (χ2n) is 6.84. The number of allylic oxidation sites excluding steroid dienone is 6. The van der Waals surface area contributed by atoms with Gasteiger partial charge in [-0.3, -0.25) is 4.99 Å². The fraction of sp³-hybridized carbons (Fsp3) is 0.667. The second kappa shape index (κ2) is 11.6. The molecule has 0 aromatic heterocycles. The van der Waals surface area contributed by atoms with Crippen LogP contribution in [0.2, 0.25) is 0 Å². The molecule has 1 aliphatic heterocycles. The maximum atomic E-state index is 5.02. The summed E-state index contributed by atoms with van der Waals surface area (Å²) in [6.07, 6.45) is 22.8. The maximum absolute atomic E-state index is 5.02. The molecule has 0 saturated carbocycles. The van der Waals surface area contributed by atoms with Crippen LogP contribution < -0.4 is 0 Å². The van der Waals surface area contributed by atoms with Crippen LogP contribution in [0.4, 0.5) is 0 Å². The van der Waals surface area contributed by atoms with Crippen molar-refractivity contribution in [2.24, 2.45) is 4.99 Å². The van der Waals surface area contributed by atoms with Crippen LogP contribution in [0.5, 0.6) is 0 Å². The van der Waals surface area contributed by atoms with Crippen LogP contribution in [-0.4, -0.2) is 28.1 Å². The first kappa shape index (κ1) is 20.4. The molecule has 0 N–H and O–H groups in total. The Labute approximate surface area is 164 Å². The van der Waals surface area contributed by atoms with Gasteiger partial charge in [-0.25, -0.2) is 0 Å². The van der Waals surface area contributed by atoms with Crippen molar-refractivity contribution in [2.75, 3.05) is 16.8 Å². The van der Waals surface area contributed by atoms with Gasteiger partial charge < -0.3 is 0 Å². The number of hydrogen-bond donors (Lipinski definition) is 0. The van der Waals surface area contributed by atoms with Crippen LogP contribution >= 0.6 is 30.5 Å². The van der Waals surface area contributed by atoms with Gasteiger partial charge in [0.05, 0.1) is 5.71 Å². The molecule has 0 aromatic rings. The van der Waals surface area contributed by atoms with Crippen LogP contribution in [-0.2, 0) is 0 Å². The number of fused-ring (bicyclic) bond motifs is 1. The average molecular weight is 457 g/mol. The average Bonchev–Trinajstić information content (AvgIpc) is 3.17. The highest BCUT2D eigenvalue weighted by Gasteiger charge is 2.27. The van der Waals surface area contributed by atoms with Crippen molar-refractivity contribution < 1.29 is 0 Å². The van der Waals surface area contributed by atoms with E-state index >= 15 is 0 Å². The van der Waals surface area contributed by atoms with E-state index < -0.39 is 0 Å². The van der Waals surface area contributed by atoms with Crippen molar-refractivity contribution >= 4 is 36.2 Å². The van der Waals surface area contributed by atoms with E-state index in [0.717, 1.165) is 5.66 Å². The van der Waals surface area contributed by atoms with Crippen molar-refractivity contribution in [3.05, 3.63) is 35.6 Å². The molecule has 0 radical (unpaired) electrons. The molecule has 1 atom stereocenters. The largest absolute Gasteiger partial charge is 0.252 e. The predicted octanol–water partition coefficient (Wildman–Crippen LogP) is 7.27. The summed E-state index contributed by atoms with van der Waals surface area (Å²) in [7, 11) is 0.0810. The minimum absolute atomic E-state index is 0.0810. The molecule has 0 bridgehead atoms. The van der Waals surface area contributed by atoms with Crippen LogP contribution in [0, 0.1) is 0 Å². The van der Waals surface area contributed by atoms with E-state index in [9.17, 15) is 0 Å². The van der Waals surface area contributed by atoms with Gasteiger partial charge >= 0.3 is 0 Å². The molecule has 1 unspecified atom stereocenters. The summed E-state index contributed by atoms with van der Waals surface area (Å²) in [5, 5.41) is 0. The molecule has 2 aliphatic rings. The van der Waals surface area contributed by atoms with E-state index in [2.05, 4.69) is 60.7 Å². The lowest BCUT2D eigenvalue weighted by Crippen LogP contribution is -2.13. The van der Waals surface area contributed by atoms with E-state index in [1.165, 1.54) is 85.1 Å². The van der Waals surface area contributed by atoms with Gasteiger partial charge in [0.25, 0.3) is 0 Å². The SMILES string of the molecule is CCCCCP(CCCCC)C(CCCI)C1=CC2=CC=CC2=N1. The third-order valence-electron chi connectivity index (χ3n) is 4.87. The molecule has 1 heterocycles. The molecular weight excluding hydrogens is 424 g/mol. The standard InChI is InChI=1S/C21H33INP/c1-3-5-7-15-24(16-8-6-4-2)21(13-10-14-22)20-17-18-11-9-12-19(18)23-20/h9,11-12,17,21H,3-8,10,13-16H2,1-2H3. The summed E-state index contributed by atoms with van der Waals surface area (Å²) < 4.78 is 1.27. The van der Waals surface area contributed by atoms with Crippen molar-refractivity contribution in [3.63, 3.8) is 0 Å². The zero-order chi connectivity index (χ0) is 17.2. The van der Waals surface area contributed by atoms with E-state index in [1.54, 1.807) is 0 Å². The molecule has 1 aliphatic carbocycles. The lowest BCUT2D eigenvalue weighted by molar-refractivity contribution is 0.744. The Hall–Kier alpha value is 0.0500. The predicted molar refractivity (Wildman–Crippen MR) is 120 cm³/mol. The first-order chi connectivity index (χ1) is 11.8. The van der Waals surface area contributed by atoms with Gasteiger partial charge in [0.15, 0.2) is 0 Å². The van der Waals surface area contributed by atoms with Gasteiger partial charge in [-0.15, -0.1) is 0 Å². The zero-order valence-electron chi connectivity index (χ0n) is 15.4. The summed E-state index contributed by atoms with van der Waals surface area (Å²) in [4.78, 5) is 5.02. The number of halogens is 1. The van der Waals surface area contributed by atoms with Crippen LogP contribution in [0.3, 0.4) is 0 Å². The molecule has 1 nitrogen and oxygen atoms in total. The van der Waals surface area contributed by atoms with Gasteiger partial charge in [-0.05, 0) is 54.6 Å². The monoisotopic (exact) mass is 457 g/mol. The first-order valence-corrected chi connectivity index (χ1v) is 13.1. The highest BCUT2D eigenvalue weighted by Crippen LogP contribution is 2.50. The molecular formula is C21H33INP. The molecule has 134 valence electrons. The lowest BCUT2D eigenvalue weighted by Gasteiger charge is -2.28. The highest BCUT2D eigenvalue weighted by atomic mass is 127. The fourth-order valence-electron chi connectivity index (χ4n) is 3.49. The quantitative estimate of drug-likeness (QED) is 0.119. The third-order valence-corrected chi connectivity index (χ3v) is 8.82. The van der Waals surface area contributed by atoms with Crippen LogP contribution in [0.25, 0.3) is 0 Å². The maximum Gasteiger partial charge on any atom is 0.0706 e. The Bertz CT molecular complexity index is 494. The molecule has 0 spiro atoms. The molecule has 3 heteroatoms. The Kier molecular flexibility index (Phi) is 9.86. The van der Waals surface area contributed by atoms with E-state index in [-0.39, 0.29) is 7.92 Å². The number of nitrogens with zero attached hydrogens (tertiary/aromatic N) is 1. The smallest absolute Gasteiger partial charge is 0.0706 e. The topological polar surface area (TPSA) is 12.4 Å². The number of aliphatic imine (C=N–C) groups is 1. The number of alkyl halides is 1. The highest BCUT2D eigenvalue weighted by molar-refractivity contribution is 14.1. The van der Waals surface area contributed by atoms with E-state index in [0.29, 0.717) is 0 Å². The lowest BCUT2D eigenvalue weighted by atomic mass is 10.1. The summed E-state index contributed by atoms with van der Waals surface area (Å²) in [5.41, 5.74) is 4.70. The number of rotatable bonds is 13. The van der Waals surface area contributed by atoms with Crippen molar-refractivity contribution in [1.29, 1.82) is 0 Å². The third kappa shape index (κ3) is 6.09. The van der Waals surface area contributed by atoms with Crippen LogP contribution in [0.15, 0.2) is 40.6 Å². The van der Waals surface area contributed by atoms with E-state index in [4.69, 9.17) is 4.99 Å². The first-order valence-electron chi connectivity index (χ1n) is 9.79. The Morgan fingerprint density at radius 3 is 2.33 bits per heavy atom. The second-order valence-corrected chi connectivity index (χ2v) is 10.6. The van der Waals surface area contributed by atoms with Gasteiger partial charge in [0.1, 0.15) is 0 Å². The molecule has 0 amide bonds. The van der Waals surface area contributed by atoms with Gasteiger partial charge in [-0.2, -0.15) is 0 Å². The molecule has 24 heavy (non-hydrogen) atoms. The van der Waals surface area contributed by atoms with Crippen LogP contribution in [0.1, 0.15) is 65.2 Å². The zero-order valence-corrected chi connectivity index (χ0v) is 18.5. The fourth-order valence-corrected chi connectivity index (χ4v) is 7.09. The van der Waals surface area contributed by atoms with Gasteiger partial charge in [0, 0.05) is 16.9 Å². The number of unbranched alkanes of at least 4 members (excludes halogenated alkanes) is 4. The van der Waals surface area contributed by atoms with Gasteiger partial charge in [0.2, 0.25) is 0 Å². The minimum atomic E-state index is 0.0810. The summed E-state index contributed by atoms with van der Waals surface area (Å²) >= 11 is 2.53. The summed E-state index contributed by atoms with van der Waals surface area (Å²) in [6.45, 7) is 4.64. The minimum Gasteiger partial charge on any atom is -0.252 e. The molecule has 2 rings (SSSR count). The Balaban J connectivity index is 2.08.